The second-order valence-corrected chi connectivity index (χ2v) is 9.11. The topological polar surface area (TPSA) is 74.7 Å². The molecule has 8 heteroatoms. The summed E-state index contributed by atoms with van der Waals surface area (Å²) in [6.45, 7) is 3.86. The van der Waals surface area contributed by atoms with E-state index in [1.807, 2.05) is 0 Å². The van der Waals surface area contributed by atoms with E-state index < -0.39 is 21.4 Å². The fourth-order valence-electron chi connectivity index (χ4n) is 2.12. The summed E-state index contributed by atoms with van der Waals surface area (Å²) < 4.78 is 27.0. The fraction of sp³-hybridized carbons (Fsp3) is 0.583. The van der Waals surface area contributed by atoms with E-state index >= 15 is 0 Å². The molecule has 112 valence electrons. The van der Waals surface area contributed by atoms with Crippen molar-refractivity contribution in [2.24, 2.45) is 5.41 Å². The zero-order chi connectivity index (χ0) is 15.1. The van der Waals surface area contributed by atoms with E-state index in [9.17, 15) is 13.2 Å². The van der Waals surface area contributed by atoms with Crippen molar-refractivity contribution >= 4 is 38.9 Å². The van der Waals surface area contributed by atoms with Gasteiger partial charge in [-0.1, -0.05) is 11.6 Å². The Morgan fingerprint density at radius 1 is 1.45 bits per heavy atom. The summed E-state index contributed by atoms with van der Waals surface area (Å²) in [5, 5.41) is 9.16. The van der Waals surface area contributed by atoms with Gasteiger partial charge in [-0.05, 0) is 38.3 Å². The Morgan fingerprint density at radius 2 is 2.00 bits per heavy atom. The number of rotatable bonds is 3. The Morgan fingerprint density at radius 3 is 2.40 bits per heavy atom. The van der Waals surface area contributed by atoms with Gasteiger partial charge in [0, 0.05) is 13.1 Å². The molecule has 0 bridgehead atoms. The minimum Gasteiger partial charge on any atom is -0.481 e. The van der Waals surface area contributed by atoms with E-state index in [-0.39, 0.29) is 17.3 Å². The third-order valence-corrected chi connectivity index (χ3v) is 7.67. The number of sulfonamides is 1. The quantitative estimate of drug-likeness (QED) is 0.919. The van der Waals surface area contributed by atoms with Crippen molar-refractivity contribution < 1.29 is 18.3 Å². The number of carbonyl (C=O) groups is 1. The van der Waals surface area contributed by atoms with E-state index in [1.165, 1.54) is 4.31 Å². The molecule has 0 radical (unpaired) electrons. The summed E-state index contributed by atoms with van der Waals surface area (Å²) in [6, 6.07) is 1.56. The molecular weight excluding hydrogens is 322 g/mol. The summed E-state index contributed by atoms with van der Waals surface area (Å²) in [5.74, 6) is -0.871. The molecule has 1 saturated heterocycles. The highest BCUT2D eigenvalue weighted by atomic mass is 35.5. The number of thiophene rings is 1. The van der Waals surface area contributed by atoms with E-state index in [0.29, 0.717) is 17.2 Å². The third kappa shape index (κ3) is 2.72. The van der Waals surface area contributed by atoms with Crippen LogP contribution in [0.5, 0.6) is 0 Å². The zero-order valence-corrected chi connectivity index (χ0v) is 13.6. The van der Waals surface area contributed by atoms with Crippen LogP contribution in [0.25, 0.3) is 0 Å². The lowest BCUT2D eigenvalue weighted by Crippen LogP contribution is -2.44. The summed E-state index contributed by atoms with van der Waals surface area (Å²) in [6.07, 6.45) is 0.638. The third-order valence-electron chi connectivity index (χ3n) is 3.77. The number of carboxylic acid groups (broad SMARTS) is 1. The summed E-state index contributed by atoms with van der Waals surface area (Å²) in [4.78, 5) is 11.2. The normalized spacial score (nSPS) is 19.9. The van der Waals surface area contributed by atoms with Gasteiger partial charge in [0.2, 0.25) is 0 Å². The molecule has 1 aromatic heterocycles. The van der Waals surface area contributed by atoms with Crippen LogP contribution in [-0.4, -0.2) is 36.9 Å². The van der Waals surface area contributed by atoms with Gasteiger partial charge in [-0.3, -0.25) is 4.79 Å². The molecule has 0 atom stereocenters. The molecule has 1 aromatic rings. The van der Waals surface area contributed by atoms with Gasteiger partial charge >= 0.3 is 5.97 Å². The first kappa shape index (κ1) is 15.8. The highest BCUT2D eigenvalue weighted by Gasteiger charge is 2.40. The molecular formula is C12H16ClNO4S2. The Hall–Kier alpha value is -0.630. The van der Waals surface area contributed by atoms with Crippen molar-refractivity contribution in [2.45, 2.75) is 30.9 Å². The Kier molecular flexibility index (Phi) is 4.17. The lowest BCUT2D eigenvalue weighted by atomic mass is 9.81. The number of aryl methyl sites for hydroxylation is 1. The maximum Gasteiger partial charge on any atom is 0.309 e. The van der Waals surface area contributed by atoms with Crippen LogP contribution >= 0.6 is 22.9 Å². The van der Waals surface area contributed by atoms with E-state index in [4.69, 9.17) is 16.7 Å². The number of halogens is 1. The molecule has 0 saturated carbocycles. The van der Waals surface area contributed by atoms with Crippen LogP contribution in [0.2, 0.25) is 4.34 Å². The van der Waals surface area contributed by atoms with Gasteiger partial charge < -0.3 is 5.11 Å². The van der Waals surface area contributed by atoms with Crippen LogP contribution in [0.15, 0.2) is 10.3 Å². The van der Waals surface area contributed by atoms with Crippen molar-refractivity contribution in [3.63, 3.8) is 0 Å². The Balaban J connectivity index is 2.19. The van der Waals surface area contributed by atoms with Crippen molar-refractivity contribution in [3.8, 4) is 0 Å². The van der Waals surface area contributed by atoms with Crippen LogP contribution in [0.4, 0.5) is 0 Å². The molecule has 1 aliphatic heterocycles. The maximum atomic E-state index is 12.5. The largest absolute Gasteiger partial charge is 0.481 e. The minimum absolute atomic E-state index is 0.221. The number of piperidine rings is 1. The molecule has 5 nitrogen and oxygen atoms in total. The van der Waals surface area contributed by atoms with Crippen LogP contribution in [-0.2, 0) is 14.8 Å². The smallest absolute Gasteiger partial charge is 0.309 e. The van der Waals surface area contributed by atoms with Gasteiger partial charge in [0.25, 0.3) is 10.0 Å². The SMILES string of the molecule is Cc1cc(S(=O)(=O)N2CCC(C)(C(=O)O)CC2)sc1Cl. The average molecular weight is 338 g/mol. The van der Waals surface area contributed by atoms with E-state index in [1.54, 1.807) is 19.9 Å². The number of carboxylic acids is 1. The average Bonchev–Trinajstić information content (AvgIpc) is 2.71. The molecule has 0 aromatic carbocycles. The zero-order valence-electron chi connectivity index (χ0n) is 11.2. The van der Waals surface area contributed by atoms with Crippen molar-refractivity contribution in [3.05, 3.63) is 16.0 Å². The monoisotopic (exact) mass is 337 g/mol. The van der Waals surface area contributed by atoms with Gasteiger partial charge in [0.1, 0.15) is 4.21 Å². The molecule has 0 aliphatic carbocycles. The molecule has 1 fully saturated rings. The van der Waals surface area contributed by atoms with Gasteiger partial charge in [0.05, 0.1) is 9.75 Å². The van der Waals surface area contributed by atoms with Crippen molar-refractivity contribution in [1.82, 2.24) is 4.31 Å². The van der Waals surface area contributed by atoms with Gasteiger partial charge in [0.15, 0.2) is 0 Å². The summed E-state index contributed by atoms with van der Waals surface area (Å²) in [7, 11) is -3.57. The van der Waals surface area contributed by atoms with Gasteiger partial charge in [-0.25, -0.2) is 8.42 Å². The predicted octanol–water partition coefficient (Wildman–Crippen LogP) is 2.59. The lowest BCUT2D eigenvalue weighted by molar-refractivity contribution is -0.150. The van der Waals surface area contributed by atoms with E-state index in [2.05, 4.69) is 0 Å². The van der Waals surface area contributed by atoms with Crippen LogP contribution < -0.4 is 0 Å². The summed E-state index contributed by atoms with van der Waals surface area (Å²) >= 11 is 6.96. The molecule has 0 spiro atoms. The second kappa shape index (κ2) is 5.29. The number of nitrogens with zero attached hydrogens (tertiary/aromatic N) is 1. The first-order valence-electron chi connectivity index (χ1n) is 6.16. The number of aliphatic carboxylic acids is 1. The van der Waals surface area contributed by atoms with E-state index in [0.717, 1.165) is 16.9 Å². The predicted molar refractivity (Wildman–Crippen MR) is 77.8 cm³/mol. The minimum atomic E-state index is -3.57. The molecule has 20 heavy (non-hydrogen) atoms. The van der Waals surface area contributed by atoms with Gasteiger partial charge in [-0.2, -0.15) is 4.31 Å². The highest BCUT2D eigenvalue weighted by molar-refractivity contribution is 7.91. The van der Waals surface area contributed by atoms with Gasteiger partial charge in [-0.15, -0.1) is 11.3 Å². The fourth-order valence-corrected chi connectivity index (χ4v) is 5.42. The van der Waals surface area contributed by atoms with Crippen molar-refractivity contribution in [1.29, 1.82) is 0 Å². The lowest BCUT2D eigenvalue weighted by Gasteiger charge is -2.35. The molecule has 1 aliphatic rings. The number of hydrogen-bond acceptors (Lipinski definition) is 4. The second-order valence-electron chi connectivity index (χ2n) is 5.29. The Bertz CT molecular complexity index is 610. The molecule has 1 N–H and O–H groups in total. The standard InChI is InChI=1S/C12H16ClNO4S2/c1-8-7-9(19-10(8)13)20(17,18)14-5-3-12(2,4-6-14)11(15)16/h7H,3-6H2,1-2H3,(H,15,16). The van der Waals surface area contributed by atoms with Crippen LogP contribution in [0, 0.1) is 12.3 Å². The van der Waals surface area contributed by atoms with Crippen molar-refractivity contribution in [2.75, 3.05) is 13.1 Å². The molecule has 2 rings (SSSR count). The first-order chi connectivity index (χ1) is 9.17. The molecule has 0 unspecified atom stereocenters. The highest BCUT2D eigenvalue weighted by Crippen LogP contribution is 2.36. The first-order valence-corrected chi connectivity index (χ1v) is 8.80. The molecule has 0 amide bonds. The number of hydrogen-bond donors (Lipinski definition) is 1. The van der Waals surface area contributed by atoms with Crippen LogP contribution in [0.3, 0.4) is 0 Å². The van der Waals surface area contributed by atoms with Crippen LogP contribution in [0.1, 0.15) is 25.3 Å². The summed E-state index contributed by atoms with van der Waals surface area (Å²) in [5.41, 5.74) is -0.0997. The maximum absolute atomic E-state index is 12.5. The molecule has 2 heterocycles. The Labute approximate surface area is 127 Å².